The average molecular weight is 286 g/mol. The average Bonchev–Trinajstić information content (AvgIpc) is 2.38. The second-order valence-corrected chi connectivity index (χ2v) is 5.27. The van der Waals surface area contributed by atoms with Gasteiger partial charge in [-0.2, -0.15) is 5.26 Å². The molecule has 20 heavy (non-hydrogen) atoms. The van der Waals surface area contributed by atoms with Gasteiger partial charge in [0.15, 0.2) is 0 Å². The Morgan fingerprint density at radius 2 is 2.05 bits per heavy atom. The summed E-state index contributed by atoms with van der Waals surface area (Å²) in [5.41, 5.74) is 3.47. The third-order valence-electron chi connectivity index (χ3n) is 3.16. The molecule has 2 rings (SSSR count). The van der Waals surface area contributed by atoms with Gasteiger partial charge in [0.2, 0.25) is 0 Å². The van der Waals surface area contributed by atoms with Crippen molar-refractivity contribution in [1.82, 2.24) is 4.98 Å². The standard InChI is InChI=1S/C16H16ClN3/c1-10-7-11(2)19-16(15(10)9-18)20-12(3)13-5-4-6-14(17)8-13/h4-8,12H,1-3H3,(H,19,20). The summed E-state index contributed by atoms with van der Waals surface area (Å²) in [4.78, 5) is 4.43. The summed E-state index contributed by atoms with van der Waals surface area (Å²) in [6, 6.07) is 11.8. The molecule has 3 nitrogen and oxygen atoms in total. The quantitative estimate of drug-likeness (QED) is 0.909. The lowest BCUT2D eigenvalue weighted by atomic mass is 10.1. The molecule has 0 bridgehead atoms. The molecule has 1 atom stereocenters. The number of anilines is 1. The van der Waals surface area contributed by atoms with E-state index in [1.807, 2.05) is 51.1 Å². The van der Waals surface area contributed by atoms with Crippen LogP contribution in [0.25, 0.3) is 0 Å². The summed E-state index contributed by atoms with van der Waals surface area (Å²) in [6.07, 6.45) is 0. The molecule has 0 saturated carbocycles. The van der Waals surface area contributed by atoms with Crippen LogP contribution in [0.3, 0.4) is 0 Å². The number of nitrogens with one attached hydrogen (secondary N) is 1. The Balaban J connectivity index is 2.33. The normalized spacial score (nSPS) is 11.8. The second kappa shape index (κ2) is 5.94. The van der Waals surface area contributed by atoms with Crippen LogP contribution < -0.4 is 5.32 Å². The molecule has 4 heteroatoms. The van der Waals surface area contributed by atoms with E-state index in [2.05, 4.69) is 16.4 Å². The van der Waals surface area contributed by atoms with Crippen LogP contribution in [0.1, 0.15) is 35.3 Å². The zero-order valence-electron chi connectivity index (χ0n) is 11.7. The van der Waals surface area contributed by atoms with Crippen LogP contribution >= 0.6 is 11.6 Å². The summed E-state index contributed by atoms with van der Waals surface area (Å²) in [5.74, 6) is 0.623. The molecule has 0 aliphatic carbocycles. The minimum Gasteiger partial charge on any atom is -0.362 e. The summed E-state index contributed by atoms with van der Waals surface area (Å²) < 4.78 is 0. The fraction of sp³-hybridized carbons (Fsp3) is 0.250. The van der Waals surface area contributed by atoms with Crippen LogP contribution in [-0.2, 0) is 0 Å². The molecule has 0 saturated heterocycles. The molecular weight excluding hydrogens is 270 g/mol. The van der Waals surface area contributed by atoms with E-state index >= 15 is 0 Å². The Labute approximate surface area is 124 Å². The molecule has 0 spiro atoms. The number of benzene rings is 1. The van der Waals surface area contributed by atoms with Crippen LogP contribution in [-0.4, -0.2) is 4.98 Å². The van der Waals surface area contributed by atoms with Gasteiger partial charge in [0.1, 0.15) is 11.9 Å². The summed E-state index contributed by atoms with van der Waals surface area (Å²) in [7, 11) is 0. The highest BCUT2D eigenvalue weighted by atomic mass is 35.5. The molecule has 0 fully saturated rings. The van der Waals surface area contributed by atoms with Gasteiger partial charge in [-0.25, -0.2) is 4.98 Å². The summed E-state index contributed by atoms with van der Waals surface area (Å²) >= 11 is 6.01. The molecule has 2 aromatic rings. The van der Waals surface area contributed by atoms with Crippen molar-refractivity contribution in [2.24, 2.45) is 0 Å². The van der Waals surface area contributed by atoms with Crippen LogP contribution in [0.15, 0.2) is 30.3 Å². The lowest BCUT2D eigenvalue weighted by Crippen LogP contribution is -2.10. The Bertz CT molecular complexity index is 674. The van der Waals surface area contributed by atoms with Crippen molar-refractivity contribution in [3.63, 3.8) is 0 Å². The molecule has 102 valence electrons. The van der Waals surface area contributed by atoms with E-state index in [0.29, 0.717) is 16.4 Å². The van der Waals surface area contributed by atoms with E-state index in [1.165, 1.54) is 0 Å². The van der Waals surface area contributed by atoms with Crippen LogP contribution in [0.4, 0.5) is 5.82 Å². The van der Waals surface area contributed by atoms with Crippen LogP contribution in [0.2, 0.25) is 5.02 Å². The Morgan fingerprint density at radius 3 is 2.70 bits per heavy atom. The van der Waals surface area contributed by atoms with Gasteiger partial charge in [-0.05, 0) is 50.1 Å². The summed E-state index contributed by atoms with van der Waals surface area (Å²) in [6.45, 7) is 5.86. The van der Waals surface area contributed by atoms with Gasteiger partial charge in [0.25, 0.3) is 0 Å². The Kier molecular flexibility index (Phi) is 4.26. The lowest BCUT2D eigenvalue weighted by Gasteiger charge is -2.17. The second-order valence-electron chi connectivity index (χ2n) is 4.84. The van der Waals surface area contributed by atoms with Gasteiger partial charge in [-0.3, -0.25) is 0 Å². The zero-order valence-corrected chi connectivity index (χ0v) is 12.5. The van der Waals surface area contributed by atoms with E-state index in [4.69, 9.17) is 11.6 Å². The van der Waals surface area contributed by atoms with Gasteiger partial charge in [0.05, 0.1) is 11.6 Å². The van der Waals surface area contributed by atoms with Gasteiger partial charge in [0, 0.05) is 10.7 Å². The molecule has 0 aliphatic heterocycles. The topological polar surface area (TPSA) is 48.7 Å². The first-order valence-corrected chi connectivity index (χ1v) is 6.79. The smallest absolute Gasteiger partial charge is 0.144 e. The monoisotopic (exact) mass is 285 g/mol. The number of aryl methyl sites for hydroxylation is 2. The molecular formula is C16H16ClN3. The molecule has 1 unspecified atom stereocenters. The first-order chi connectivity index (χ1) is 9.51. The van der Waals surface area contributed by atoms with Gasteiger partial charge in [-0.1, -0.05) is 23.7 Å². The van der Waals surface area contributed by atoms with Crippen molar-refractivity contribution in [2.45, 2.75) is 26.8 Å². The number of nitrogens with zero attached hydrogens (tertiary/aromatic N) is 2. The van der Waals surface area contributed by atoms with Crippen LogP contribution in [0, 0.1) is 25.2 Å². The van der Waals surface area contributed by atoms with Crippen molar-refractivity contribution in [2.75, 3.05) is 5.32 Å². The highest BCUT2D eigenvalue weighted by Gasteiger charge is 2.12. The van der Waals surface area contributed by atoms with Crippen molar-refractivity contribution >= 4 is 17.4 Å². The first-order valence-electron chi connectivity index (χ1n) is 6.41. The number of pyridine rings is 1. The fourth-order valence-corrected chi connectivity index (χ4v) is 2.35. The SMILES string of the molecule is Cc1cc(C)c(C#N)c(NC(C)c2cccc(Cl)c2)n1. The molecule has 1 aromatic heterocycles. The lowest BCUT2D eigenvalue weighted by molar-refractivity contribution is 0.870. The predicted molar refractivity (Wildman–Crippen MR) is 81.9 cm³/mol. The van der Waals surface area contributed by atoms with Gasteiger partial charge in [-0.15, -0.1) is 0 Å². The maximum Gasteiger partial charge on any atom is 0.144 e. The maximum atomic E-state index is 9.27. The number of rotatable bonds is 3. The third-order valence-corrected chi connectivity index (χ3v) is 3.39. The van der Waals surface area contributed by atoms with E-state index in [-0.39, 0.29) is 6.04 Å². The summed E-state index contributed by atoms with van der Waals surface area (Å²) in [5, 5.41) is 13.3. The number of hydrogen-bond acceptors (Lipinski definition) is 3. The Morgan fingerprint density at radius 1 is 1.30 bits per heavy atom. The number of halogens is 1. The van der Waals surface area contributed by atoms with E-state index in [0.717, 1.165) is 16.8 Å². The molecule has 1 heterocycles. The molecule has 1 aromatic carbocycles. The van der Waals surface area contributed by atoms with Gasteiger partial charge < -0.3 is 5.32 Å². The van der Waals surface area contributed by atoms with Crippen LogP contribution in [0.5, 0.6) is 0 Å². The first kappa shape index (κ1) is 14.4. The fourth-order valence-electron chi connectivity index (χ4n) is 2.15. The zero-order chi connectivity index (χ0) is 14.7. The molecule has 0 amide bonds. The predicted octanol–water partition coefficient (Wildman–Crippen LogP) is 4.40. The van der Waals surface area contributed by atoms with E-state index in [1.54, 1.807) is 0 Å². The van der Waals surface area contributed by atoms with Crippen molar-refractivity contribution in [3.05, 3.63) is 57.7 Å². The highest BCUT2D eigenvalue weighted by molar-refractivity contribution is 6.30. The Hall–Kier alpha value is -2.05. The number of nitriles is 1. The largest absolute Gasteiger partial charge is 0.362 e. The van der Waals surface area contributed by atoms with Crippen molar-refractivity contribution in [1.29, 1.82) is 5.26 Å². The number of aromatic nitrogens is 1. The maximum absolute atomic E-state index is 9.27. The third kappa shape index (κ3) is 3.09. The van der Waals surface area contributed by atoms with E-state index in [9.17, 15) is 5.26 Å². The molecule has 1 N–H and O–H groups in total. The molecule has 0 radical (unpaired) electrons. The van der Waals surface area contributed by atoms with E-state index < -0.39 is 0 Å². The highest BCUT2D eigenvalue weighted by Crippen LogP contribution is 2.24. The minimum atomic E-state index is 0.0227. The minimum absolute atomic E-state index is 0.0227. The number of hydrogen-bond donors (Lipinski definition) is 1. The molecule has 0 aliphatic rings. The van der Waals surface area contributed by atoms with Crippen molar-refractivity contribution < 1.29 is 0 Å². The van der Waals surface area contributed by atoms with Crippen molar-refractivity contribution in [3.8, 4) is 6.07 Å². The van der Waals surface area contributed by atoms with Gasteiger partial charge >= 0.3 is 0 Å².